The van der Waals surface area contributed by atoms with E-state index in [1.807, 2.05) is 0 Å². The van der Waals surface area contributed by atoms with Crippen LogP contribution in [0.1, 0.15) is 41.8 Å². The van der Waals surface area contributed by atoms with Gasteiger partial charge in [-0.2, -0.15) is 0 Å². The first kappa shape index (κ1) is 16.0. The maximum absolute atomic E-state index is 5.68. The number of aromatic nitrogens is 5. The van der Waals surface area contributed by atoms with Gasteiger partial charge in [-0.3, -0.25) is 4.90 Å². The second kappa shape index (κ2) is 6.17. The molecule has 7 nitrogen and oxygen atoms in total. The Morgan fingerprint density at radius 1 is 1.23 bits per heavy atom. The smallest absolute Gasteiger partial charge is 0.150 e. The molecule has 0 amide bonds. The number of hydrogen-bond acceptors (Lipinski definition) is 5. The molecule has 136 valence electrons. The SMILES string of the molecule is CO[C@@H]1C[C@@H](c2nnc3n2CCC3)N(Cc2cn3cc(C)ccc3n2)C1. The van der Waals surface area contributed by atoms with E-state index in [1.165, 1.54) is 12.0 Å². The van der Waals surface area contributed by atoms with E-state index in [1.54, 1.807) is 7.11 Å². The Morgan fingerprint density at radius 3 is 3.04 bits per heavy atom. The molecule has 0 aliphatic carbocycles. The van der Waals surface area contributed by atoms with Crippen LogP contribution in [0.3, 0.4) is 0 Å². The fourth-order valence-corrected chi connectivity index (χ4v) is 4.33. The van der Waals surface area contributed by atoms with Gasteiger partial charge >= 0.3 is 0 Å². The van der Waals surface area contributed by atoms with Gasteiger partial charge in [0.2, 0.25) is 0 Å². The molecule has 0 spiro atoms. The molecular weight excluding hydrogens is 328 g/mol. The van der Waals surface area contributed by atoms with E-state index in [0.29, 0.717) is 0 Å². The molecule has 0 unspecified atom stereocenters. The molecule has 1 fully saturated rings. The quantitative estimate of drug-likeness (QED) is 0.720. The largest absolute Gasteiger partial charge is 0.380 e. The van der Waals surface area contributed by atoms with E-state index in [9.17, 15) is 0 Å². The molecule has 5 heterocycles. The Morgan fingerprint density at radius 2 is 2.15 bits per heavy atom. The fraction of sp³-hybridized carbons (Fsp3) is 0.526. The Labute approximate surface area is 152 Å². The highest BCUT2D eigenvalue weighted by Crippen LogP contribution is 2.35. The molecule has 2 atom stereocenters. The molecule has 3 aromatic rings. The summed E-state index contributed by atoms with van der Waals surface area (Å²) in [7, 11) is 1.80. The van der Waals surface area contributed by atoms with Crippen LogP contribution in [0.25, 0.3) is 5.65 Å². The van der Waals surface area contributed by atoms with Crippen LogP contribution < -0.4 is 0 Å². The Kier molecular flexibility index (Phi) is 3.79. The second-order valence-electron chi connectivity index (χ2n) is 7.47. The topological polar surface area (TPSA) is 60.5 Å². The Hall–Kier alpha value is -2.25. The molecule has 26 heavy (non-hydrogen) atoms. The number of fused-ring (bicyclic) bond motifs is 2. The van der Waals surface area contributed by atoms with Gasteiger partial charge in [-0.1, -0.05) is 6.07 Å². The molecule has 0 bridgehead atoms. The van der Waals surface area contributed by atoms with Gasteiger partial charge in [-0.25, -0.2) is 4.98 Å². The molecule has 2 aliphatic rings. The van der Waals surface area contributed by atoms with Crippen LogP contribution in [-0.4, -0.2) is 48.8 Å². The van der Waals surface area contributed by atoms with Crippen molar-refractivity contribution in [2.24, 2.45) is 0 Å². The van der Waals surface area contributed by atoms with Crippen molar-refractivity contribution < 1.29 is 4.74 Å². The summed E-state index contributed by atoms with van der Waals surface area (Å²) in [4.78, 5) is 7.24. The number of imidazole rings is 1. The maximum atomic E-state index is 5.68. The predicted molar refractivity (Wildman–Crippen MR) is 96.8 cm³/mol. The lowest BCUT2D eigenvalue weighted by Gasteiger charge is -2.22. The van der Waals surface area contributed by atoms with E-state index in [-0.39, 0.29) is 12.1 Å². The molecule has 0 N–H and O–H groups in total. The average Bonchev–Trinajstić information content (AvgIpc) is 3.36. The molecule has 0 radical (unpaired) electrons. The summed E-state index contributed by atoms with van der Waals surface area (Å²) in [6, 6.07) is 4.42. The van der Waals surface area contributed by atoms with E-state index < -0.39 is 0 Å². The van der Waals surface area contributed by atoms with Crippen LogP contribution in [0.4, 0.5) is 0 Å². The third kappa shape index (κ3) is 2.62. The minimum Gasteiger partial charge on any atom is -0.380 e. The van der Waals surface area contributed by atoms with Crippen LogP contribution in [-0.2, 0) is 24.2 Å². The first-order chi connectivity index (χ1) is 12.7. The molecule has 3 aromatic heterocycles. The van der Waals surface area contributed by atoms with Crippen molar-refractivity contribution in [1.29, 1.82) is 0 Å². The second-order valence-corrected chi connectivity index (χ2v) is 7.47. The van der Waals surface area contributed by atoms with Crippen LogP contribution in [0.5, 0.6) is 0 Å². The van der Waals surface area contributed by atoms with E-state index in [2.05, 4.69) is 55.5 Å². The van der Waals surface area contributed by atoms with Crippen molar-refractivity contribution in [1.82, 2.24) is 29.0 Å². The summed E-state index contributed by atoms with van der Waals surface area (Å²) < 4.78 is 10.1. The third-order valence-corrected chi connectivity index (χ3v) is 5.65. The average molecular weight is 352 g/mol. The highest BCUT2D eigenvalue weighted by atomic mass is 16.5. The van der Waals surface area contributed by atoms with Gasteiger partial charge in [-0.15, -0.1) is 10.2 Å². The first-order valence-electron chi connectivity index (χ1n) is 9.34. The van der Waals surface area contributed by atoms with E-state index >= 15 is 0 Å². The van der Waals surface area contributed by atoms with Crippen molar-refractivity contribution in [2.75, 3.05) is 13.7 Å². The fourth-order valence-electron chi connectivity index (χ4n) is 4.33. The van der Waals surface area contributed by atoms with Crippen LogP contribution in [0.15, 0.2) is 24.5 Å². The molecule has 2 aliphatic heterocycles. The molecule has 1 saturated heterocycles. The summed E-state index contributed by atoms with van der Waals surface area (Å²) in [5, 5.41) is 8.93. The van der Waals surface area contributed by atoms with Gasteiger partial charge in [0.05, 0.1) is 17.8 Å². The zero-order valence-electron chi connectivity index (χ0n) is 15.3. The summed E-state index contributed by atoms with van der Waals surface area (Å²) in [5.74, 6) is 2.22. The number of aryl methyl sites for hydroxylation is 2. The number of likely N-dealkylation sites (tertiary alicyclic amines) is 1. The van der Waals surface area contributed by atoms with Crippen LogP contribution in [0.2, 0.25) is 0 Å². The maximum Gasteiger partial charge on any atom is 0.150 e. The first-order valence-corrected chi connectivity index (χ1v) is 9.34. The third-order valence-electron chi connectivity index (χ3n) is 5.65. The number of rotatable bonds is 4. The zero-order chi connectivity index (χ0) is 17.7. The molecule has 5 rings (SSSR count). The summed E-state index contributed by atoms with van der Waals surface area (Å²) in [5.41, 5.74) is 3.31. The van der Waals surface area contributed by atoms with Crippen LogP contribution >= 0.6 is 0 Å². The normalized spacial score (nSPS) is 23.2. The van der Waals surface area contributed by atoms with Crippen molar-refractivity contribution in [3.63, 3.8) is 0 Å². The lowest BCUT2D eigenvalue weighted by atomic mass is 10.2. The summed E-state index contributed by atoms with van der Waals surface area (Å²) >= 11 is 0. The van der Waals surface area contributed by atoms with Gasteiger partial charge in [-0.05, 0) is 31.4 Å². The summed E-state index contributed by atoms with van der Waals surface area (Å²) in [6.45, 7) is 4.83. The van der Waals surface area contributed by atoms with Gasteiger partial charge in [0.1, 0.15) is 11.5 Å². The monoisotopic (exact) mass is 352 g/mol. The number of nitrogens with zero attached hydrogens (tertiary/aromatic N) is 6. The van der Waals surface area contributed by atoms with Gasteiger partial charge in [0.25, 0.3) is 0 Å². The van der Waals surface area contributed by atoms with E-state index in [4.69, 9.17) is 9.72 Å². The molecule has 0 saturated carbocycles. The van der Waals surface area contributed by atoms with E-state index in [0.717, 1.165) is 55.5 Å². The minimum absolute atomic E-state index is 0.230. The number of hydrogen-bond donors (Lipinski definition) is 0. The van der Waals surface area contributed by atoms with Gasteiger partial charge < -0.3 is 13.7 Å². The number of ether oxygens (including phenoxy) is 1. The van der Waals surface area contributed by atoms with Crippen molar-refractivity contribution in [3.05, 3.63) is 47.4 Å². The Balaban J connectivity index is 1.44. The Bertz CT molecular complexity index is 945. The minimum atomic E-state index is 0.230. The van der Waals surface area contributed by atoms with Crippen molar-refractivity contribution >= 4 is 5.65 Å². The summed E-state index contributed by atoms with van der Waals surface area (Å²) in [6.07, 6.45) is 7.66. The van der Waals surface area contributed by atoms with Crippen molar-refractivity contribution in [2.45, 2.75) is 51.4 Å². The molecule has 0 aromatic carbocycles. The zero-order valence-corrected chi connectivity index (χ0v) is 15.3. The highest BCUT2D eigenvalue weighted by Gasteiger charge is 2.37. The predicted octanol–water partition coefficient (Wildman–Crippen LogP) is 2.14. The lowest BCUT2D eigenvalue weighted by Crippen LogP contribution is -2.26. The number of methoxy groups -OCH3 is 1. The van der Waals surface area contributed by atoms with Crippen LogP contribution in [0, 0.1) is 6.92 Å². The standard InChI is InChI=1S/C19H24N6O/c1-13-5-6-17-20-14(11-24(17)9-13)10-23-12-15(26-2)8-16(23)19-22-21-18-4-3-7-25(18)19/h5-6,9,11,15-16H,3-4,7-8,10,12H2,1-2H3/t15-,16+/m1/s1. The number of pyridine rings is 1. The lowest BCUT2D eigenvalue weighted by molar-refractivity contribution is 0.107. The highest BCUT2D eigenvalue weighted by molar-refractivity contribution is 5.41. The van der Waals surface area contributed by atoms with Gasteiger partial charge in [0.15, 0.2) is 5.82 Å². The molecule has 7 heteroatoms. The van der Waals surface area contributed by atoms with Gasteiger partial charge in [0, 0.05) is 45.6 Å². The molecular formula is C19H24N6O. The van der Waals surface area contributed by atoms with Crippen molar-refractivity contribution in [3.8, 4) is 0 Å².